The van der Waals surface area contributed by atoms with E-state index < -0.39 is 17.0 Å². The normalized spacial score (nSPS) is 16.8. The molecule has 1 fully saturated rings. The number of aryl methyl sites for hydroxylation is 2. The fourth-order valence-electron chi connectivity index (χ4n) is 4.01. The van der Waals surface area contributed by atoms with Gasteiger partial charge in [0, 0.05) is 12.6 Å². The van der Waals surface area contributed by atoms with Crippen molar-refractivity contribution < 1.29 is 8.94 Å². The van der Waals surface area contributed by atoms with E-state index in [9.17, 15) is 8.94 Å². The smallest absolute Gasteiger partial charge is 0.188 e. The van der Waals surface area contributed by atoms with Crippen molar-refractivity contribution in [1.82, 2.24) is 14.9 Å². The number of aromatic nitrogens is 2. The van der Waals surface area contributed by atoms with E-state index in [0.29, 0.717) is 11.5 Å². The third-order valence-electron chi connectivity index (χ3n) is 5.51. The Labute approximate surface area is 162 Å². The summed E-state index contributed by atoms with van der Waals surface area (Å²) in [5.74, 6) is 0.847. The number of hydrogen-bond donors (Lipinski definition) is 1. The average Bonchev–Trinajstić information content (AvgIpc) is 2.99. The zero-order chi connectivity index (χ0) is 19.1. The van der Waals surface area contributed by atoms with E-state index in [-0.39, 0.29) is 4.90 Å². The van der Waals surface area contributed by atoms with Crippen molar-refractivity contribution in [2.75, 3.05) is 19.3 Å². The first kappa shape index (κ1) is 18.5. The van der Waals surface area contributed by atoms with E-state index in [4.69, 9.17) is 4.98 Å². The van der Waals surface area contributed by atoms with E-state index in [2.05, 4.69) is 24.4 Å². The molecule has 1 unspecified atom stereocenters. The molecule has 1 aliphatic rings. The van der Waals surface area contributed by atoms with Crippen LogP contribution in [-0.2, 0) is 18.2 Å². The third kappa shape index (κ3) is 3.37. The maximum Gasteiger partial charge on any atom is 0.188 e. The molecule has 27 heavy (non-hydrogen) atoms. The molecule has 4 rings (SSSR count). The highest BCUT2D eigenvalue weighted by molar-refractivity contribution is 7.90. The van der Waals surface area contributed by atoms with Gasteiger partial charge >= 0.3 is 0 Å². The summed E-state index contributed by atoms with van der Waals surface area (Å²) in [5, 5.41) is 3.42. The Morgan fingerprint density at radius 2 is 1.96 bits per heavy atom. The quantitative estimate of drug-likeness (QED) is 0.696. The van der Waals surface area contributed by atoms with Gasteiger partial charge in [-0.05, 0) is 85.3 Å². The van der Waals surface area contributed by atoms with Gasteiger partial charge in [-0.3, -0.25) is 0 Å². The van der Waals surface area contributed by atoms with Gasteiger partial charge in [0.05, 0.1) is 11.0 Å². The molecule has 1 aliphatic heterocycles. The van der Waals surface area contributed by atoms with E-state index in [1.165, 1.54) is 17.9 Å². The Kier molecular flexibility index (Phi) is 4.97. The number of halogens is 1. The summed E-state index contributed by atoms with van der Waals surface area (Å²) in [6.45, 7) is 4.21. The number of piperidine rings is 1. The second-order valence-electron chi connectivity index (χ2n) is 7.32. The minimum Gasteiger partial charge on any atom is -0.612 e. The van der Waals surface area contributed by atoms with Gasteiger partial charge in [0.1, 0.15) is 12.1 Å². The second-order valence-corrected chi connectivity index (χ2v) is 8.67. The summed E-state index contributed by atoms with van der Waals surface area (Å²) in [4.78, 5) is 5.02. The van der Waals surface area contributed by atoms with Crippen molar-refractivity contribution >= 4 is 22.2 Å². The van der Waals surface area contributed by atoms with E-state index in [1.54, 1.807) is 12.1 Å². The number of imidazole rings is 1. The topological polar surface area (TPSA) is 52.9 Å². The van der Waals surface area contributed by atoms with Crippen LogP contribution < -0.4 is 5.32 Å². The summed E-state index contributed by atoms with van der Waals surface area (Å²) < 4.78 is 28.0. The molecule has 6 heteroatoms. The van der Waals surface area contributed by atoms with Crippen LogP contribution in [0, 0.1) is 12.7 Å². The van der Waals surface area contributed by atoms with Gasteiger partial charge in [0.2, 0.25) is 0 Å². The van der Waals surface area contributed by atoms with E-state index in [1.807, 2.05) is 11.6 Å². The number of nitrogens with one attached hydrogen (secondary N) is 1. The lowest BCUT2D eigenvalue weighted by Gasteiger charge is -2.23. The minimum absolute atomic E-state index is 0.224. The number of fused-ring (bicyclic) bond motifs is 1. The van der Waals surface area contributed by atoms with Crippen LogP contribution in [0.3, 0.4) is 0 Å². The Hall–Kier alpha value is -1.89. The first-order chi connectivity index (χ1) is 13.0. The van der Waals surface area contributed by atoms with Crippen LogP contribution in [0.1, 0.15) is 29.9 Å². The van der Waals surface area contributed by atoms with E-state index in [0.717, 1.165) is 48.4 Å². The highest BCUT2D eigenvalue weighted by atomic mass is 32.2. The Bertz CT molecular complexity index is 993. The fourth-order valence-corrected chi connectivity index (χ4v) is 4.60. The van der Waals surface area contributed by atoms with Crippen LogP contribution in [-0.4, -0.2) is 33.4 Å². The molecule has 0 bridgehead atoms. The van der Waals surface area contributed by atoms with Gasteiger partial charge in [-0.2, -0.15) is 0 Å². The third-order valence-corrected chi connectivity index (χ3v) is 6.46. The molecule has 0 amide bonds. The molecule has 142 valence electrons. The van der Waals surface area contributed by atoms with Crippen molar-refractivity contribution in [3.05, 3.63) is 47.3 Å². The van der Waals surface area contributed by atoms with Crippen LogP contribution in [0.15, 0.2) is 35.2 Å². The summed E-state index contributed by atoms with van der Waals surface area (Å²) in [6.07, 6.45) is 3.78. The maximum absolute atomic E-state index is 14.3. The first-order valence-electron chi connectivity index (χ1n) is 9.26. The molecule has 1 N–H and O–H groups in total. The Morgan fingerprint density at radius 1 is 1.22 bits per heavy atom. The summed E-state index contributed by atoms with van der Waals surface area (Å²) in [7, 11) is 1.97. The second kappa shape index (κ2) is 7.26. The van der Waals surface area contributed by atoms with Crippen LogP contribution in [0.5, 0.6) is 0 Å². The number of nitrogens with zero attached hydrogens (tertiary/aromatic N) is 2. The SMILES string of the molecule is Cc1cc(C2CCNCC2)cc2c1nc(-c1ccc([S+](C)[O-])c(F)c1)n2C. The minimum atomic E-state index is -1.34. The maximum atomic E-state index is 14.3. The lowest BCUT2D eigenvalue weighted by molar-refractivity contribution is 0.460. The molecular weight excluding hydrogens is 361 g/mol. The largest absolute Gasteiger partial charge is 0.612 e. The molecule has 0 saturated carbocycles. The molecule has 3 aromatic rings. The summed E-state index contributed by atoms with van der Waals surface area (Å²) in [6, 6.07) is 9.30. The molecular formula is C21H24FN3OS. The van der Waals surface area contributed by atoms with Gasteiger partial charge in [-0.1, -0.05) is 6.07 Å². The lowest BCUT2D eigenvalue weighted by atomic mass is 9.89. The van der Waals surface area contributed by atoms with Crippen molar-refractivity contribution in [2.45, 2.75) is 30.6 Å². The zero-order valence-corrected chi connectivity index (χ0v) is 16.7. The van der Waals surface area contributed by atoms with Crippen molar-refractivity contribution in [3.8, 4) is 11.4 Å². The summed E-state index contributed by atoms with van der Waals surface area (Å²) >= 11 is -1.34. The molecule has 2 aromatic carbocycles. The molecule has 4 nitrogen and oxygen atoms in total. The van der Waals surface area contributed by atoms with Crippen molar-refractivity contribution in [2.24, 2.45) is 7.05 Å². The molecule has 2 heterocycles. The zero-order valence-electron chi connectivity index (χ0n) is 15.9. The van der Waals surface area contributed by atoms with E-state index >= 15 is 0 Å². The fraction of sp³-hybridized carbons (Fsp3) is 0.381. The number of rotatable bonds is 3. The number of hydrogen-bond acceptors (Lipinski definition) is 3. The van der Waals surface area contributed by atoms with Gasteiger partial charge < -0.3 is 14.4 Å². The van der Waals surface area contributed by atoms with Gasteiger partial charge in [-0.25, -0.2) is 9.37 Å². The Morgan fingerprint density at radius 3 is 2.63 bits per heavy atom. The van der Waals surface area contributed by atoms with Gasteiger partial charge in [-0.15, -0.1) is 0 Å². The van der Waals surface area contributed by atoms with Crippen LogP contribution in [0.2, 0.25) is 0 Å². The van der Waals surface area contributed by atoms with Crippen LogP contribution in [0.25, 0.3) is 22.4 Å². The predicted molar refractivity (Wildman–Crippen MR) is 108 cm³/mol. The highest BCUT2D eigenvalue weighted by Gasteiger charge is 2.20. The Balaban J connectivity index is 1.80. The van der Waals surface area contributed by atoms with Crippen LogP contribution in [0.4, 0.5) is 4.39 Å². The lowest BCUT2D eigenvalue weighted by Crippen LogP contribution is -2.26. The molecule has 0 radical (unpaired) electrons. The van der Waals surface area contributed by atoms with Crippen LogP contribution >= 0.6 is 0 Å². The molecule has 1 aromatic heterocycles. The summed E-state index contributed by atoms with van der Waals surface area (Å²) in [5.41, 5.74) is 5.23. The number of benzene rings is 2. The molecule has 1 saturated heterocycles. The predicted octanol–water partition coefficient (Wildman–Crippen LogP) is 3.89. The van der Waals surface area contributed by atoms with Gasteiger partial charge in [0.25, 0.3) is 0 Å². The first-order valence-corrected chi connectivity index (χ1v) is 10.8. The molecule has 0 aliphatic carbocycles. The monoisotopic (exact) mass is 385 g/mol. The molecule has 1 atom stereocenters. The molecule has 0 spiro atoms. The van der Waals surface area contributed by atoms with Crippen molar-refractivity contribution in [1.29, 1.82) is 0 Å². The average molecular weight is 386 g/mol. The standard InChI is InChI=1S/C21H24FN3OS/c1-13-10-16(14-6-8-23-9-7-14)12-18-20(13)24-21(25(18)2)15-4-5-19(27(3)26)17(22)11-15/h4-5,10-12,14,23H,6-9H2,1-3H3. The highest BCUT2D eigenvalue weighted by Crippen LogP contribution is 2.32. The van der Waals surface area contributed by atoms with Gasteiger partial charge in [0.15, 0.2) is 10.7 Å². The van der Waals surface area contributed by atoms with Crippen molar-refractivity contribution in [3.63, 3.8) is 0 Å².